The lowest BCUT2D eigenvalue weighted by molar-refractivity contribution is 0.414. The van der Waals surface area contributed by atoms with Gasteiger partial charge in [0.1, 0.15) is 5.75 Å². The van der Waals surface area contributed by atoms with Crippen molar-refractivity contribution in [1.82, 2.24) is 4.72 Å². The molecule has 1 fully saturated rings. The normalized spacial score (nSPS) is 23.9. The van der Waals surface area contributed by atoms with Crippen LogP contribution in [0.5, 0.6) is 5.75 Å². The first-order valence-electron chi connectivity index (χ1n) is 4.75. The monoisotopic (exact) mass is 227 g/mol. The van der Waals surface area contributed by atoms with Gasteiger partial charge in [-0.15, -0.1) is 0 Å². The van der Waals surface area contributed by atoms with E-state index < -0.39 is 10.0 Å². The van der Waals surface area contributed by atoms with Gasteiger partial charge in [-0.2, -0.15) is 0 Å². The zero-order valence-corrected chi connectivity index (χ0v) is 9.25. The van der Waals surface area contributed by atoms with Crippen molar-refractivity contribution in [1.29, 1.82) is 0 Å². The van der Waals surface area contributed by atoms with Gasteiger partial charge in [-0.3, -0.25) is 0 Å². The van der Waals surface area contributed by atoms with E-state index in [0.29, 0.717) is 6.42 Å². The molecule has 5 heteroatoms. The molecule has 1 atom stereocenters. The summed E-state index contributed by atoms with van der Waals surface area (Å²) in [6.45, 7) is 0. The van der Waals surface area contributed by atoms with Crippen molar-refractivity contribution >= 4 is 10.0 Å². The first-order valence-corrected chi connectivity index (χ1v) is 6.40. The number of ether oxygens (including phenoxy) is 1. The van der Waals surface area contributed by atoms with E-state index >= 15 is 0 Å². The SMILES string of the molecule is COc1ccc(C2CCS(=O)(=O)N2)cc1. The summed E-state index contributed by atoms with van der Waals surface area (Å²) in [7, 11) is -1.44. The second-order valence-corrected chi connectivity index (χ2v) is 5.42. The molecule has 0 amide bonds. The first-order chi connectivity index (χ1) is 7.11. The fraction of sp³-hybridized carbons (Fsp3) is 0.400. The Morgan fingerprint density at radius 3 is 2.47 bits per heavy atom. The average Bonchev–Trinajstić information content (AvgIpc) is 2.59. The van der Waals surface area contributed by atoms with Gasteiger partial charge in [-0.1, -0.05) is 12.1 Å². The maximum atomic E-state index is 11.2. The Kier molecular flexibility index (Phi) is 2.67. The quantitative estimate of drug-likeness (QED) is 0.822. The van der Waals surface area contributed by atoms with Gasteiger partial charge in [-0.05, 0) is 24.1 Å². The number of hydrogen-bond acceptors (Lipinski definition) is 3. The molecule has 15 heavy (non-hydrogen) atoms. The van der Waals surface area contributed by atoms with E-state index in [0.717, 1.165) is 11.3 Å². The summed E-state index contributed by atoms with van der Waals surface area (Å²) < 4.78 is 30.1. The van der Waals surface area contributed by atoms with E-state index in [2.05, 4.69) is 4.72 Å². The number of benzene rings is 1. The Bertz CT molecular complexity index is 438. The highest BCUT2D eigenvalue weighted by molar-refractivity contribution is 7.89. The zero-order valence-electron chi connectivity index (χ0n) is 8.43. The van der Waals surface area contributed by atoms with Crippen LogP contribution in [0, 0.1) is 0 Å². The van der Waals surface area contributed by atoms with Gasteiger partial charge in [0, 0.05) is 6.04 Å². The minimum absolute atomic E-state index is 0.0825. The molecule has 1 N–H and O–H groups in total. The van der Waals surface area contributed by atoms with E-state index in [-0.39, 0.29) is 11.8 Å². The van der Waals surface area contributed by atoms with Crippen LogP contribution >= 0.6 is 0 Å². The molecule has 1 aromatic carbocycles. The van der Waals surface area contributed by atoms with Gasteiger partial charge in [0.2, 0.25) is 10.0 Å². The van der Waals surface area contributed by atoms with Gasteiger partial charge in [-0.25, -0.2) is 13.1 Å². The third-order valence-corrected chi connectivity index (χ3v) is 3.93. The summed E-state index contributed by atoms with van der Waals surface area (Å²) >= 11 is 0. The number of rotatable bonds is 2. The van der Waals surface area contributed by atoms with Crippen molar-refractivity contribution in [2.75, 3.05) is 12.9 Å². The highest BCUT2D eigenvalue weighted by Crippen LogP contribution is 2.25. The van der Waals surface area contributed by atoms with Crippen molar-refractivity contribution in [3.63, 3.8) is 0 Å². The van der Waals surface area contributed by atoms with Gasteiger partial charge in [0.15, 0.2) is 0 Å². The standard InChI is InChI=1S/C10H13NO3S/c1-14-9-4-2-8(3-5-9)10-6-7-15(12,13)11-10/h2-5,10-11H,6-7H2,1H3. The second-order valence-electron chi connectivity index (χ2n) is 3.55. The van der Waals surface area contributed by atoms with Crippen LogP contribution < -0.4 is 9.46 Å². The van der Waals surface area contributed by atoms with Gasteiger partial charge in [0.25, 0.3) is 0 Å². The first kappa shape index (κ1) is 10.4. The fourth-order valence-corrected chi connectivity index (χ4v) is 3.03. The summed E-state index contributed by atoms with van der Waals surface area (Å²) in [5, 5.41) is 0. The maximum absolute atomic E-state index is 11.2. The minimum atomic E-state index is -3.04. The van der Waals surface area contributed by atoms with Gasteiger partial charge >= 0.3 is 0 Å². The summed E-state index contributed by atoms with van der Waals surface area (Å²) in [4.78, 5) is 0. The lowest BCUT2D eigenvalue weighted by Gasteiger charge is -2.09. The van der Waals surface area contributed by atoms with Crippen LogP contribution in [0.3, 0.4) is 0 Å². The largest absolute Gasteiger partial charge is 0.497 e. The smallest absolute Gasteiger partial charge is 0.212 e. The number of nitrogens with one attached hydrogen (secondary N) is 1. The van der Waals surface area contributed by atoms with Crippen molar-refractivity contribution in [3.8, 4) is 5.75 Å². The molecule has 2 rings (SSSR count). The zero-order chi connectivity index (χ0) is 10.9. The molecule has 1 saturated heterocycles. The third-order valence-electron chi connectivity index (χ3n) is 2.52. The van der Waals surface area contributed by atoms with Crippen LogP contribution in [0.1, 0.15) is 18.0 Å². The molecule has 82 valence electrons. The summed E-state index contributed by atoms with van der Waals surface area (Å²) in [5.74, 6) is 0.989. The Morgan fingerprint density at radius 2 is 2.00 bits per heavy atom. The molecule has 0 aliphatic carbocycles. The van der Waals surface area contributed by atoms with Crippen LogP contribution in [0.4, 0.5) is 0 Å². The molecular weight excluding hydrogens is 214 g/mol. The highest BCUT2D eigenvalue weighted by atomic mass is 32.2. The molecule has 0 radical (unpaired) electrons. The van der Waals surface area contributed by atoms with Crippen molar-refractivity contribution < 1.29 is 13.2 Å². The summed E-state index contributed by atoms with van der Waals surface area (Å²) in [6, 6.07) is 7.36. The fourth-order valence-electron chi connectivity index (χ4n) is 1.68. The second kappa shape index (κ2) is 3.83. The topological polar surface area (TPSA) is 55.4 Å². The van der Waals surface area contributed by atoms with E-state index in [1.54, 1.807) is 7.11 Å². The van der Waals surface area contributed by atoms with Gasteiger partial charge in [0.05, 0.1) is 12.9 Å². The summed E-state index contributed by atoms with van der Waals surface area (Å²) in [6.07, 6.45) is 0.634. The number of methoxy groups -OCH3 is 1. The Labute approximate surface area is 89.3 Å². The molecule has 0 spiro atoms. The van der Waals surface area contributed by atoms with E-state index in [4.69, 9.17) is 4.74 Å². The summed E-state index contributed by atoms with van der Waals surface area (Å²) in [5.41, 5.74) is 0.983. The average molecular weight is 227 g/mol. The van der Waals surface area contributed by atoms with Crippen molar-refractivity contribution in [2.24, 2.45) is 0 Å². The Balaban J connectivity index is 2.17. The van der Waals surface area contributed by atoms with Crippen LogP contribution in [-0.4, -0.2) is 21.3 Å². The molecule has 1 heterocycles. The molecule has 0 bridgehead atoms. The lowest BCUT2D eigenvalue weighted by atomic mass is 10.1. The van der Waals surface area contributed by atoms with Crippen LogP contribution in [-0.2, 0) is 10.0 Å². The maximum Gasteiger partial charge on any atom is 0.212 e. The third kappa shape index (κ3) is 2.30. The van der Waals surface area contributed by atoms with Crippen LogP contribution in [0.2, 0.25) is 0 Å². The molecule has 1 unspecified atom stereocenters. The molecule has 4 nitrogen and oxygen atoms in total. The predicted molar refractivity (Wildman–Crippen MR) is 57.3 cm³/mol. The van der Waals surface area contributed by atoms with Crippen molar-refractivity contribution in [2.45, 2.75) is 12.5 Å². The molecule has 0 aromatic heterocycles. The highest BCUT2D eigenvalue weighted by Gasteiger charge is 2.27. The predicted octanol–water partition coefficient (Wildman–Crippen LogP) is 1.06. The molecular formula is C10H13NO3S. The molecule has 1 aliphatic heterocycles. The molecule has 1 aliphatic rings. The molecule has 1 aromatic rings. The van der Waals surface area contributed by atoms with E-state index in [1.165, 1.54) is 0 Å². The Hall–Kier alpha value is -1.07. The van der Waals surface area contributed by atoms with Crippen molar-refractivity contribution in [3.05, 3.63) is 29.8 Å². The number of hydrogen-bond donors (Lipinski definition) is 1. The molecule has 0 saturated carbocycles. The van der Waals surface area contributed by atoms with Crippen LogP contribution in [0.15, 0.2) is 24.3 Å². The Morgan fingerprint density at radius 1 is 1.33 bits per heavy atom. The minimum Gasteiger partial charge on any atom is -0.497 e. The van der Waals surface area contributed by atoms with E-state index in [1.807, 2.05) is 24.3 Å². The van der Waals surface area contributed by atoms with E-state index in [9.17, 15) is 8.42 Å². The lowest BCUT2D eigenvalue weighted by Crippen LogP contribution is -2.19. The van der Waals surface area contributed by atoms with Gasteiger partial charge < -0.3 is 4.74 Å². The number of sulfonamides is 1. The van der Waals surface area contributed by atoms with Crippen LogP contribution in [0.25, 0.3) is 0 Å².